The van der Waals surface area contributed by atoms with Crippen molar-refractivity contribution in [3.63, 3.8) is 0 Å². The van der Waals surface area contributed by atoms with Crippen LogP contribution >= 0.6 is 0 Å². The molecule has 0 spiro atoms. The molecule has 1 aromatic heterocycles. The lowest BCUT2D eigenvalue weighted by atomic mass is 10.0. The van der Waals surface area contributed by atoms with Crippen molar-refractivity contribution in [2.24, 2.45) is 0 Å². The van der Waals surface area contributed by atoms with Crippen LogP contribution in [0.1, 0.15) is 5.56 Å². The first kappa shape index (κ1) is 16.5. The minimum atomic E-state index is -5.25. The topological polar surface area (TPSA) is 58.0 Å². The van der Waals surface area contributed by atoms with Gasteiger partial charge in [-0.2, -0.15) is 5.26 Å². The number of hydrogen-bond donors (Lipinski definition) is 1. The predicted molar refractivity (Wildman–Crippen MR) is 64.3 cm³/mol. The van der Waals surface area contributed by atoms with E-state index in [1.54, 1.807) is 6.07 Å². The van der Waals surface area contributed by atoms with Gasteiger partial charge in [-0.3, -0.25) is 0 Å². The summed E-state index contributed by atoms with van der Waals surface area (Å²) in [7, 11) is 0. The summed E-state index contributed by atoms with van der Waals surface area (Å²) in [4.78, 5) is 2.48. The van der Waals surface area contributed by atoms with Crippen molar-refractivity contribution in [1.29, 1.82) is 5.26 Å². The van der Waals surface area contributed by atoms with Gasteiger partial charge in [0.25, 0.3) is 0 Å². The summed E-state index contributed by atoms with van der Waals surface area (Å²) >= 11 is 0. The van der Waals surface area contributed by atoms with Gasteiger partial charge in [-0.05, 0) is 6.07 Å². The van der Waals surface area contributed by atoms with E-state index in [9.17, 15) is 26.3 Å². The fourth-order valence-electron chi connectivity index (χ4n) is 1.83. The number of alkyl halides is 6. The number of nitrogens with zero attached hydrogens (tertiary/aromatic N) is 1. The number of benzene rings is 1. The van der Waals surface area contributed by atoms with Crippen LogP contribution in [0, 0.1) is 11.3 Å². The van der Waals surface area contributed by atoms with Gasteiger partial charge in [0.2, 0.25) is 0 Å². The maximum Gasteiger partial charge on any atom is 0.573 e. The third-order valence-electron chi connectivity index (χ3n) is 2.58. The van der Waals surface area contributed by atoms with E-state index in [2.05, 4.69) is 14.5 Å². The Morgan fingerprint density at radius 1 is 0.913 bits per heavy atom. The highest BCUT2D eigenvalue weighted by molar-refractivity contribution is 5.77. The molecule has 1 aromatic carbocycles. The number of para-hydroxylation sites is 1. The van der Waals surface area contributed by atoms with Crippen molar-refractivity contribution in [2.75, 3.05) is 0 Å². The molecule has 10 heteroatoms. The molecule has 1 heterocycles. The van der Waals surface area contributed by atoms with Gasteiger partial charge in [-0.25, -0.2) is 0 Å². The molecule has 23 heavy (non-hydrogen) atoms. The molecular formula is C13H6F6N2O2. The van der Waals surface area contributed by atoms with Gasteiger partial charge in [0, 0.05) is 23.5 Å². The zero-order valence-electron chi connectivity index (χ0n) is 10.9. The quantitative estimate of drug-likeness (QED) is 0.848. The first-order chi connectivity index (χ1) is 10.6. The lowest BCUT2D eigenvalue weighted by molar-refractivity contribution is -0.287. The molecule has 0 saturated carbocycles. The molecule has 0 aliphatic rings. The molecule has 0 aliphatic heterocycles. The number of aromatic nitrogens is 1. The Kier molecular flexibility index (Phi) is 4.14. The third-order valence-corrected chi connectivity index (χ3v) is 2.58. The van der Waals surface area contributed by atoms with Crippen LogP contribution in [0.3, 0.4) is 0 Å². The summed E-state index contributed by atoms with van der Waals surface area (Å²) in [5.41, 5.74) is -0.498. The Morgan fingerprint density at radius 3 is 2.13 bits per heavy atom. The second-order valence-electron chi connectivity index (χ2n) is 4.12. The Hall–Kier alpha value is -2.83. The van der Waals surface area contributed by atoms with Crippen molar-refractivity contribution in [3.8, 4) is 28.7 Å². The minimum absolute atomic E-state index is 0.0561. The zero-order valence-corrected chi connectivity index (χ0v) is 10.9. The third kappa shape index (κ3) is 4.09. The van der Waals surface area contributed by atoms with E-state index in [1.165, 1.54) is 6.20 Å². The van der Waals surface area contributed by atoms with E-state index >= 15 is 0 Å². The predicted octanol–water partition coefficient (Wildman–Crippen LogP) is 4.35. The molecule has 0 amide bonds. The minimum Gasteiger partial charge on any atom is -0.402 e. The number of H-pyrrole nitrogens is 1. The molecule has 4 nitrogen and oxygen atoms in total. The summed E-state index contributed by atoms with van der Waals surface area (Å²) in [6.45, 7) is 0. The number of nitrogens with one attached hydrogen (secondary N) is 1. The summed E-state index contributed by atoms with van der Waals surface area (Å²) < 4.78 is 81.9. The van der Waals surface area contributed by atoms with Crippen LogP contribution in [0.2, 0.25) is 0 Å². The van der Waals surface area contributed by atoms with Gasteiger partial charge in [0.1, 0.15) is 6.07 Å². The Balaban J connectivity index is 2.62. The van der Waals surface area contributed by atoms with Crippen molar-refractivity contribution in [1.82, 2.24) is 4.98 Å². The summed E-state index contributed by atoms with van der Waals surface area (Å²) in [6, 6.07) is 4.51. The zero-order chi connectivity index (χ0) is 17.3. The van der Waals surface area contributed by atoms with Crippen LogP contribution in [0.15, 0.2) is 30.6 Å². The highest BCUT2D eigenvalue weighted by Gasteiger charge is 2.38. The number of aromatic amines is 1. The molecule has 0 aliphatic carbocycles. The largest absolute Gasteiger partial charge is 0.573 e. The molecule has 2 rings (SSSR count). The maximum absolute atomic E-state index is 12.5. The summed E-state index contributed by atoms with van der Waals surface area (Å²) in [5.74, 6) is -2.36. The molecule has 1 N–H and O–H groups in total. The fraction of sp³-hybridized carbons (Fsp3) is 0.154. The van der Waals surface area contributed by atoms with Gasteiger partial charge in [-0.1, -0.05) is 12.1 Å². The van der Waals surface area contributed by atoms with Crippen molar-refractivity contribution < 1.29 is 35.8 Å². The molecule has 0 fully saturated rings. The number of halogens is 6. The molecule has 2 aromatic rings. The molecular weight excluding hydrogens is 330 g/mol. The Labute approximate surface area is 124 Å². The normalized spacial score (nSPS) is 11.9. The highest BCUT2D eigenvalue weighted by atomic mass is 19.4. The lowest BCUT2D eigenvalue weighted by Gasteiger charge is -2.18. The van der Waals surface area contributed by atoms with Crippen LogP contribution in [0.5, 0.6) is 11.5 Å². The second-order valence-corrected chi connectivity index (χ2v) is 4.12. The Morgan fingerprint density at radius 2 is 1.57 bits per heavy atom. The molecule has 0 atom stereocenters. The number of nitriles is 1. The van der Waals surface area contributed by atoms with Gasteiger partial charge in [0.15, 0.2) is 11.5 Å². The van der Waals surface area contributed by atoms with Crippen LogP contribution in [-0.2, 0) is 0 Å². The van der Waals surface area contributed by atoms with Gasteiger partial charge in [-0.15, -0.1) is 26.3 Å². The summed E-state index contributed by atoms with van der Waals surface area (Å²) in [5, 5.41) is 8.90. The van der Waals surface area contributed by atoms with E-state index in [-0.39, 0.29) is 16.7 Å². The van der Waals surface area contributed by atoms with Crippen LogP contribution in [0.25, 0.3) is 11.1 Å². The van der Waals surface area contributed by atoms with Gasteiger partial charge < -0.3 is 14.5 Å². The molecule has 0 unspecified atom stereocenters. The monoisotopic (exact) mass is 336 g/mol. The van der Waals surface area contributed by atoms with E-state index in [0.717, 1.165) is 18.3 Å². The Bertz CT molecular complexity index is 742. The first-order valence-corrected chi connectivity index (χ1v) is 5.82. The SMILES string of the molecule is N#Cc1c[nH]cc1-c1cccc(OC(F)(F)F)c1OC(F)(F)F. The molecule has 122 valence electrons. The number of rotatable bonds is 3. The van der Waals surface area contributed by atoms with Crippen molar-refractivity contribution in [2.45, 2.75) is 12.7 Å². The smallest absolute Gasteiger partial charge is 0.402 e. The van der Waals surface area contributed by atoms with Gasteiger partial charge in [0.05, 0.1) is 5.56 Å². The van der Waals surface area contributed by atoms with Crippen LogP contribution in [-0.4, -0.2) is 17.7 Å². The first-order valence-electron chi connectivity index (χ1n) is 5.82. The average Bonchev–Trinajstić information content (AvgIpc) is 2.85. The molecule has 0 bridgehead atoms. The van der Waals surface area contributed by atoms with E-state index in [1.807, 2.05) is 0 Å². The highest BCUT2D eigenvalue weighted by Crippen LogP contribution is 2.43. The van der Waals surface area contributed by atoms with Crippen molar-refractivity contribution in [3.05, 3.63) is 36.2 Å². The molecule has 0 saturated heterocycles. The van der Waals surface area contributed by atoms with E-state index in [0.29, 0.717) is 6.07 Å². The van der Waals surface area contributed by atoms with E-state index in [4.69, 9.17) is 5.26 Å². The van der Waals surface area contributed by atoms with Crippen LogP contribution < -0.4 is 9.47 Å². The van der Waals surface area contributed by atoms with Gasteiger partial charge >= 0.3 is 12.7 Å². The lowest BCUT2D eigenvalue weighted by Crippen LogP contribution is -2.21. The summed E-state index contributed by atoms with van der Waals surface area (Å²) in [6.07, 6.45) is -8.11. The van der Waals surface area contributed by atoms with Crippen molar-refractivity contribution >= 4 is 0 Å². The van der Waals surface area contributed by atoms with E-state index < -0.39 is 24.2 Å². The number of hydrogen-bond acceptors (Lipinski definition) is 3. The van der Waals surface area contributed by atoms with Crippen LogP contribution in [0.4, 0.5) is 26.3 Å². The molecule has 0 radical (unpaired) electrons. The fourth-order valence-corrected chi connectivity index (χ4v) is 1.83. The maximum atomic E-state index is 12.5. The second kappa shape index (κ2) is 5.75. The number of ether oxygens (including phenoxy) is 2. The standard InChI is InChI=1S/C13H6F6N2O2/c14-12(15,16)22-10-3-1-2-8(11(10)23-13(17,18)19)9-6-21-5-7(9)4-20/h1-3,5-6,21H. The average molecular weight is 336 g/mol.